The number of carbonyl (C=O) groups excluding carboxylic acids is 1. The second-order valence-electron chi connectivity index (χ2n) is 3.62. The van der Waals surface area contributed by atoms with Gasteiger partial charge in [0.05, 0.1) is 4.88 Å². The predicted molar refractivity (Wildman–Crippen MR) is 65.9 cm³/mol. The van der Waals surface area contributed by atoms with E-state index in [9.17, 15) is 4.79 Å². The van der Waals surface area contributed by atoms with E-state index in [2.05, 4.69) is 5.32 Å². The molecule has 0 saturated carbocycles. The number of alkyl halides is 1. The number of carbonyl (C=O) groups is 1. The van der Waals surface area contributed by atoms with Gasteiger partial charge >= 0.3 is 0 Å². The van der Waals surface area contributed by atoms with Gasteiger partial charge < -0.3 is 5.32 Å². The molecular formula is C11H16ClNOS. The van der Waals surface area contributed by atoms with Crippen molar-refractivity contribution in [2.75, 3.05) is 5.88 Å². The second kappa shape index (κ2) is 6.13. The molecule has 4 heteroatoms. The summed E-state index contributed by atoms with van der Waals surface area (Å²) in [7, 11) is 0. The first-order valence-corrected chi connectivity index (χ1v) is 6.42. The third-order valence-electron chi connectivity index (χ3n) is 2.11. The van der Waals surface area contributed by atoms with Crippen molar-refractivity contribution in [3.05, 3.63) is 21.9 Å². The number of hydrogen-bond donors (Lipinski definition) is 1. The average molecular weight is 246 g/mol. The van der Waals surface area contributed by atoms with E-state index in [1.807, 2.05) is 26.0 Å². The van der Waals surface area contributed by atoms with E-state index in [4.69, 9.17) is 11.6 Å². The standard InChI is InChI=1S/C11H16ClNOS/c1-8(4-3-7-12)13-11(14)10-6-5-9(2)15-10/h5-6,8H,3-4,7H2,1-2H3,(H,13,14). The third kappa shape index (κ3) is 4.22. The first-order chi connectivity index (χ1) is 7.13. The Hall–Kier alpha value is -0.540. The van der Waals surface area contributed by atoms with Crippen molar-refractivity contribution in [3.63, 3.8) is 0 Å². The molecule has 1 unspecified atom stereocenters. The van der Waals surface area contributed by atoms with Crippen LogP contribution in [0.2, 0.25) is 0 Å². The Labute approximate surface area is 99.6 Å². The number of rotatable bonds is 5. The number of amides is 1. The number of aryl methyl sites for hydroxylation is 1. The van der Waals surface area contributed by atoms with Crippen molar-refractivity contribution < 1.29 is 4.79 Å². The van der Waals surface area contributed by atoms with E-state index in [0.717, 1.165) is 22.6 Å². The maximum Gasteiger partial charge on any atom is 0.261 e. The number of nitrogens with one attached hydrogen (secondary N) is 1. The van der Waals surface area contributed by atoms with Crippen molar-refractivity contribution in [3.8, 4) is 0 Å². The zero-order valence-electron chi connectivity index (χ0n) is 9.05. The minimum Gasteiger partial charge on any atom is -0.349 e. The van der Waals surface area contributed by atoms with Gasteiger partial charge in [0.1, 0.15) is 0 Å². The lowest BCUT2D eigenvalue weighted by molar-refractivity contribution is 0.0942. The van der Waals surface area contributed by atoms with Crippen LogP contribution in [0.4, 0.5) is 0 Å². The fraction of sp³-hybridized carbons (Fsp3) is 0.545. The Kier molecular flexibility index (Phi) is 5.12. The van der Waals surface area contributed by atoms with Crippen LogP contribution in [-0.4, -0.2) is 17.8 Å². The molecule has 0 spiro atoms. The van der Waals surface area contributed by atoms with E-state index in [0.29, 0.717) is 5.88 Å². The first-order valence-electron chi connectivity index (χ1n) is 5.06. The fourth-order valence-electron chi connectivity index (χ4n) is 1.31. The van der Waals surface area contributed by atoms with Gasteiger partial charge in [0.15, 0.2) is 0 Å². The van der Waals surface area contributed by atoms with Gasteiger partial charge in [0.25, 0.3) is 5.91 Å². The summed E-state index contributed by atoms with van der Waals surface area (Å²) >= 11 is 7.12. The Balaban J connectivity index is 2.42. The minimum absolute atomic E-state index is 0.0233. The Morgan fingerprint density at radius 1 is 1.60 bits per heavy atom. The molecule has 15 heavy (non-hydrogen) atoms. The first kappa shape index (κ1) is 12.5. The van der Waals surface area contributed by atoms with Gasteiger partial charge in [0, 0.05) is 16.8 Å². The summed E-state index contributed by atoms with van der Waals surface area (Å²) in [4.78, 5) is 13.6. The predicted octanol–water partition coefficient (Wildman–Crippen LogP) is 3.19. The van der Waals surface area contributed by atoms with Crippen LogP contribution in [0.5, 0.6) is 0 Å². The summed E-state index contributed by atoms with van der Waals surface area (Å²) in [6.07, 6.45) is 1.87. The van der Waals surface area contributed by atoms with Gasteiger partial charge in [-0.3, -0.25) is 4.79 Å². The van der Waals surface area contributed by atoms with Crippen LogP contribution in [0.15, 0.2) is 12.1 Å². The lowest BCUT2D eigenvalue weighted by Gasteiger charge is -2.11. The van der Waals surface area contributed by atoms with E-state index in [-0.39, 0.29) is 11.9 Å². The summed E-state index contributed by atoms with van der Waals surface area (Å²) in [6, 6.07) is 4.02. The molecule has 84 valence electrons. The molecule has 1 aromatic rings. The van der Waals surface area contributed by atoms with Crippen LogP contribution in [0.1, 0.15) is 34.3 Å². The Morgan fingerprint density at radius 3 is 2.87 bits per heavy atom. The zero-order valence-corrected chi connectivity index (χ0v) is 10.6. The smallest absolute Gasteiger partial charge is 0.261 e. The molecule has 1 atom stereocenters. The van der Waals surface area contributed by atoms with Gasteiger partial charge in [0.2, 0.25) is 0 Å². The second-order valence-corrected chi connectivity index (χ2v) is 5.28. The summed E-state index contributed by atoms with van der Waals surface area (Å²) in [5, 5.41) is 2.96. The van der Waals surface area contributed by atoms with Gasteiger partial charge in [-0.15, -0.1) is 22.9 Å². The fourth-order valence-corrected chi connectivity index (χ4v) is 2.23. The Morgan fingerprint density at radius 2 is 2.33 bits per heavy atom. The molecule has 1 rings (SSSR count). The van der Waals surface area contributed by atoms with Crippen molar-refractivity contribution in [2.45, 2.75) is 32.7 Å². The van der Waals surface area contributed by atoms with Crippen molar-refractivity contribution in [1.29, 1.82) is 0 Å². The molecule has 0 fully saturated rings. The molecule has 1 heterocycles. The molecule has 1 amide bonds. The highest BCUT2D eigenvalue weighted by atomic mass is 35.5. The van der Waals surface area contributed by atoms with Crippen LogP contribution in [0, 0.1) is 6.92 Å². The highest BCUT2D eigenvalue weighted by Crippen LogP contribution is 2.15. The quantitative estimate of drug-likeness (QED) is 0.794. The third-order valence-corrected chi connectivity index (χ3v) is 3.38. The highest BCUT2D eigenvalue weighted by molar-refractivity contribution is 7.13. The molecule has 0 aliphatic rings. The molecule has 1 N–H and O–H groups in total. The van der Waals surface area contributed by atoms with Crippen LogP contribution < -0.4 is 5.32 Å². The summed E-state index contributed by atoms with van der Waals surface area (Å²) in [5.41, 5.74) is 0. The van der Waals surface area contributed by atoms with Gasteiger partial charge in [-0.2, -0.15) is 0 Å². The molecule has 0 aliphatic carbocycles. The number of hydrogen-bond acceptors (Lipinski definition) is 2. The number of thiophene rings is 1. The molecule has 0 bridgehead atoms. The van der Waals surface area contributed by atoms with Crippen molar-refractivity contribution in [2.24, 2.45) is 0 Å². The topological polar surface area (TPSA) is 29.1 Å². The van der Waals surface area contributed by atoms with Crippen LogP contribution >= 0.6 is 22.9 Å². The minimum atomic E-state index is 0.0233. The molecule has 1 aromatic heterocycles. The van der Waals surface area contributed by atoms with Crippen molar-refractivity contribution in [1.82, 2.24) is 5.32 Å². The maximum atomic E-state index is 11.7. The van der Waals surface area contributed by atoms with Crippen molar-refractivity contribution >= 4 is 28.8 Å². The van der Waals surface area contributed by atoms with E-state index >= 15 is 0 Å². The molecule has 0 saturated heterocycles. The maximum absolute atomic E-state index is 11.7. The molecule has 0 aromatic carbocycles. The summed E-state index contributed by atoms with van der Waals surface area (Å²) < 4.78 is 0. The molecule has 2 nitrogen and oxygen atoms in total. The normalized spacial score (nSPS) is 12.5. The summed E-state index contributed by atoms with van der Waals surface area (Å²) in [6.45, 7) is 4.00. The van der Waals surface area contributed by atoms with Crippen LogP contribution in [0.25, 0.3) is 0 Å². The van der Waals surface area contributed by atoms with Crippen LogP contribution in [-0.2, 0) is 0 Å². The van der Waals surface area contributed by atoms with E-state index < -0.39 is 0 Å². The largest absolute Gasteiger partial charge is 0.349 e. The zero-order chi connectivity index (χ0) is 11.3. The highest BCUT2D eigenvalue weighted by Gasteiger charge is 2.10. The lowest BCUT2D eigenvalue weighted by atomic mass is 10.2. The van der Waals surface area contributed by atoms with Crippen LogP contribution in [0.3, 0.4) is 0 Å². The monoisotopic (exact) mass is 245 g/mol. The molecule has 0 radical (unpaired) electrons. The average Bonchev–Trinajstić information content (AvgIpc) is 2.61. The number of halogens is 1. The molecular weight excluding hydrogens is 230 g/mol. The van der Waals surface area contributed by atoms with E-state index in [1.54, 1.807) is 0 Å². The summed E-state index contributed by atoms with van der Waals surface area (Å²) in [5.74, 6) is 0.674. The Bertz CT molecular complexity index is 324. The van der Waals surface area contributed by atoms with Gasteiger partial charge in [-0.1, -0.05) is 0 Å². The van der Waals surface area contributed by atoms with E-state index in [1.165, 1.54) is 11.3 Å². The lowest BCUT2D eigenvalue weighted by Crippen LogP contribution is -2.31. The van der Waals surface area contributed by atoms with Gasteiger partial charge in [-0.25, -0.2) is 0 Å². The SMILES string of the molecule is Cc1ccc(C(=O)NC(C)CCCCl)s1. The van der Waals surface area contributed by atoms with Gasteiger partial charge in [-0.05, 0) is 38.8 Å². The molecule has 0 aliphatic heterocycles.